The van der Waals surface area contributed by atoms with E-state index in [1.54, 1.807) is 0 Å². The highest BCUT2D eigenvalue weighted by molar-refractivity contribution is 8.07. The first-order valence-corrected chi connectivity index (χ1v) is 14.3. The highest BCUT2D eigenvalue weighted by Crippen LogP contribution is 2.22. The Morgan fingerprint density at radius 1 is 0.545 bits per heavy atom. The lowest BCUT2D eigenvalue weighted by molar-refractivity contribution is 0.301. The van der Waals surface area contributed by atoms with E-state index >= 15 is 0 Å². The van der Waals surface area contributed by atoms with Gasteiger partial charge in [-0.2, -0.15) is 70.6 Å². The van der Waals surface area contributed by atoms with Gasteiger partial charge in [0.1, 0.15) is 0 Å². The standard InChI is InChI=1S/C14H28O2S6/c15-9-13-11-19-3-1-17-5-7-21-14(10-16)12-20-4-2-18-6-8-22-13/h13-16H,1-12H2. The van der Waals surface area contributed by atoms with Crippen molar-refractivity contribution in [3.8, 4) is 0 Å². The summed E-state index contributed by atoms with van der Waals surface area (Å²) in [5.74, 6) is 11.6. The molecule has 8 heteroatoms. The van der Waals surface area contributed by atoms with Gasteiger partial charge in [0.05, 0.1) is 13.2 Å². The van der Waals surface area contributed by atoms with Gasteiger partial charge in [0.2, 0.25) is 0 Å². The summed E-state index contributed by atoms with van der Waals surface area (Å²) in [5, 5.41) is 19.7. The van der Waals surface area contributed by atoms with Gasteiger partial charge < -0.3 is 10.2 Å². The van der Waals surface area contributed by atoms with E-state index in [0.717, 1.165) is 23.0 Å². The third-order valence-corrected chi connectivity index (χ3v) is 11.1. The van der Waals surface area contributed by atoms with Crippen LogP contribution < -0.4 is 0 Å². The summed E-state index contributed by atoms with van der Waals surface area (Å²) in [7, 11) is 0. The van der Waals surface area contributed by atoms with Gasteiger partial charge in [-0.3, -0.25) is 0 Å². The van der Waals surface area contributed by atoms with E-state index in [0.29, 0.717) is 23.7 Å². The molecular weight excluding hydrogens is 393 g/mol. The van der Waals surface area contributed by atoms with E-state index < -0.39 is 0 Å². The lowest BCUT2D eigenvalue weighted by atomic mass is 10.5. The van der Waals surface area contributed by atoms with Crippen molar-refractivity contribution in [1.29, 1.82) is 0 Å². The second-order valence-electron chi connectivity index (χ2n) is 4.73. The SMILES string of the molecule is OCC1CSCCSCCSC(CO)CSCCSCCS1. The van der Waals surface area contributed by atoms with Crippen molar-refractivity contribution in [3.05, 3.63) is 0 Å². The Balaban J connectivity index is 2.25. The highest BCUT2D eigenvalue weighted by Gasteiger charge is 2.10. The summed E-state index contributed by atoms with van der Waals surface area (Å²) in [5.41, 5.74) is 0. The fraction of sp³-hybridized carbons (Fsp3) is 1.00. The molecule has 1 aliphatic rings. The zero-order valence-corrected chi connectivity index (χ0v) is 17.9. The van der Waals surface area contributed by atoms with Crippen LogP contribution in [0.25, 0.3) is 0 Å². The van der Waals surface area contributed by atoms with Crippen molar-refractivity contribution in [2.75, 3.05) is 70.7 Å². The average Bonchev–Trinajstić information content (AvgIpc) is 2.54. The van der Waals surface area contributed by atoms with Gasteiger partial charge in [0.25, 0.3) is 0 Å². The molecule has 0 aromatic heterocycles. The van der Waals surface area contributed by atoms with Crippen LogP contribution >= 0.6 is 70.6 Å². The predicted molar refractivity (Wildman–Crippen MR) is 116 cm³/mol. The van der Waals surface area contributed by atoms with Crippen LogP contribution in [-0.2, 0) is 0 Å². The van der Waals surface area contributed by atoms with Crippen LogP contribution in [0.15, 0.2) is 0 Å². The maximum atomic E-state index is 9.42. The Morgan fingerprint density at radius 3 is 1.32 bits per heavy atom. The van der Waals surface area contributed by atoms with E-state index in [1.807, 2.05) is 70.6 Å². The Bertz CT molecular complexity index is 203. The Kier molecular flexibility index (Phi) is 16.5. The predicted octanol–water partition coefficient (Wildman–Crippen LogP) is 3.12. The number of aliphatic hydroxyl groups is 2. The molecule has 0 aromatic rings. The minimum atomic E-state index is 0.310. The molecule has 2 nitrogen and oxygen atoms in total. The summed E-state index contributed by atoms with van der Waals surface area (Å²) < 4.78 is 0. The number of aliphatic hydroxyl groups excluding tert-OH is 2. The average molecular weight is 421 g/mol. The second-order valence-corrected chi connectivity index (χ2v) is 12.3. The number of hydrogen-bond donors (Lipinski definition) is 2. The van der Waals surface area contributed by atoms with Crippen molar-refractivity contribution < 1.29 is 10.2 Å². The molecule has 2 N–H and O–H groups in total. The zero-order chi connectivity index (χ0) is 15.9. The van der Waals surface area contributed by atoms with Crippen LogP contribution in [0.2, 0.25) is 0 Å². The molecule has 0 saturated carbocycles. The maximum absolute atomic E-state index is 9.42. The van der Waals surface area contributed by atoms with Gasteiger partial charge in [-0.1, -0.05) is 0 Å². The van der Waals surface area contributed by atoms with Gasteiger partial charge >= 0.3 is 0 Å². The van der Waals surface area contributed by atoms with Gasteiger partial charge in [-0.05, 0) is 0 Å². The number of hydrogen-bond acceptors (Lipinski definition) is 8. The summed E-state index contributed by atoms with van der Waals surface area (Å²) in [6.45, 7) is 0.620. The van der Waals surface area contributed by atoms with Crippen LogP contribution in [0, 0.1) is 0 Å². The van der Waals surface area contributed by atoms with Gasteiger partial charge in [-0.15, -0.1) is 0 Å². The largest absolute Gasteiger partial charge is 0.395 e. The quantitative estimate of drug-likeness (QED) is 0.706. The van der Waals surface area contributed by atoms with E-state index in [1.165, 1.54) is 34.5 Å². The minimum absolute atomic E-state index is 0.310. The van der Waals surface area contributed by atoms with Crippen molar-refractivity contribution in [1.82, 2.24) is 0 Å². The van der Waals surface area contributed by atoms with E-state index in [2.05, 4.69) is 0 Å². The molecule has 1 fully saturated rings. The van der Waals surface area contributed by atoms with Gasteiger partial charge in [0.15, 0.2) is 0 Å². The topological polar surface area (TPSA) is 40.5 Å². The van der Waals surface area contributed by atoms with E-state index in [-0.39, 0.29) is 0 Å². The van der Waals surface area contributed by atoms with Crippen molar-refractivity contribution in [2.24, 2.45) is 0 Å². The Labute approximate surface area is 161 Å². The molecule has 0 bridgehead atoms. The maximum Gasteiger partial charge on any atom is 0.0558 e. The lowest BCUT2D eigenvalue weighted by Crippen LogP contribution is -2.14. The molecule has 0 radical (unpaired) electrons. The molecule has 1 aliphatic heterocycles. The van der Waals surface area contributed by atoms with Crippen LogP contribution in [-0.4, -0.2) is 91.5 Å². The van der Waals surface area contributed by atoms with E-state index in [4.69, 9.17) is 0 Å². The van der Waals surface area contributed by atoms with Crippen LogP contribution in [0.1, 0.15) is 0 Å². The molecule has 0 amide bonds. The molecule has 0 spiro atoms. The first-order valence-electron chi connectivity index (χ1n) is 7.62. The highest BCUT2D eigenvalue weighted by atomic mass is 32.2. The monoisotopic (exact) mass is 420 g/mol. The fourth-order valence-corrected chi connectivity index (χ4v) is 9.02. The Hall–Kier alpha value is 2.02. The molecule has 0 aromatic carbocycles. The summed E-state index contributed by atoms with van der Waals surface area (Å²) in [4.78, 5) is 0. The lowest BCUT2D eigenvalue weighted by Gasteiger charge is -2.15. The van der Waals surface area contributed by atoms with Crippen molar-refractivity contribution in [3.63, 3.8) is 0 Å². The van der Waals surface area contributed by atoms with E-state index in [9.17, 15) is 10.2 Å². The normalized spacial score (nSPS) is 28.6. The molecule has 2 atom stereocenters. The number of thioether (sulfide) groups is 6. The molecule has 22 heavy (non-hydrogen) atoms. The summed E-state index contributed by atoms with van der Waals surface area (Å²) in [6, 6.07) is 0. The third-order valence-electron chi connectivity index (χ3n) is 2.92. The van der Waals surface area contributed by atoms with Crippen LogP contribution in [0.5, 0.6) is 0 Å². The molecular formula is C14H28O2S6. The number of rotatable bonds is 2. The summed E-state index contributed by atoms with van der Waals surface area (Å²) >= 11 is 11.8. The molecule has 0 aliphatic carbocycles. The third kappa shape index (κ3) is 12.4. The van der Waals surface area contributed by atoms with Crippen molar-refractivity contribution >= 4 is 70.6 Å². The van der Waals surface area contributed by atoms with Crippen molar-refractivity contribution in [2.45, 2.75) is 10.5 Å². The molecule has 1 saturated heterocycles. The van der Waals surface area contributed by atoms with Crippen LogP contribution in [0.4, 0.5) is 0 Å². The van der Waals surface area contributed by atoms with Crippen LogP contribution in [0.3, 0.4) is 0 Å². The smallest absolute Gasteiger partial charge is 0.0558 e. The minimum Gasteiger partial charge on any atom is -0.395 e. The zero-order valence-electron chi connectivity index (χ0n) is 13.0. The fourth-order valence-electron chi connectivity index (χ4n) is 1.72. The first kappa shape index (κ1) is 22.1. The Morgan fingerprint density at radius 2 is 0.909 bits per heavy atom. The van der Waals surface area contributed by atoms with Gasteiger partial charge in [-0.25, -0.2) is 0 Å². The first-order chi connectivity index (χ1) is 10.9. The second kappa shape index (κ2) is 16.5. The molecule has 2 unspecified atom stereocenters. The van der Waals surface area contributed by atoms with Gasteiger partial charge in [0, 0.05) is 68.0 Å². The summed E-state index contributed by atoms with van der Waals surface area (Å²) in [6.07, 6.45) is 0. The molecule has 1 rings (SSSR count). The molecule has 1 heterocycles. The molecule has 132 valence electrons.